The van der Waals surface area contributed by atoms with Gasteiger partial charge in [0.25, 0.3) is 10.0 Å². The van der Waals surface area contributed by atoms with Gasteiger partial charge >= 0.3 is 0 Å². The highest BCUT2D eigenvalue weighted by Gasteiger charge is 2.22. The van der Waals surface area contributed by atoms with Gasteiger partial charge in [-0.3, -0.25) is 5.10 Å². The van der Waals surface area contributed by atoms with E-state index in [0.29, 0.717) is 18.7 Å². The van der Waals surface area contributed by atoms with E-state index in [1.165, 1.54) is 0 Å². The fourth-order valence-corrected chi connectivity index (χ4v) is 3.33. The number of nitrogens with one attached hydrogen (secondary N) is 3. The number of nitrogens with zero attached hydrogens (tertiary/aromatic N) is 2. The number of sulfonamides is 1. The third kappa shape index (κ3) is 5.20. The molecule has 0 amide bonds. The molecule has 1 unspecified atom stereocenters. The molecule has 20 heavy (non-hydrogen) atoms. The van der Waals surface area contributed by atoms with E-state index >= 15 is 0 Å². The van der Waals surface area contributed by atoms with Gasteiger partial charge in [-0.2, -0.15) is 5.10 Å². The zero-order chi connectivity index (χ0) is 15.2. The molecular weight excluding hydrogens is 278 g/mol. The highest BCUT2D eigenvalue weighted by atomic mass is 32.2. The number of H-pyrrole nitrogens is 1. The molecule has 1 aromatic heterocycles. The zero-order valence-corrected chi connectivity index (χ0v) is 13.4. The summed E-state index contributed by atoms with van der Waals surface area (Å²) >= 11 is 0. The summed E-state index contributed by atoms with van der Waals surface area (Å²) in [7, 11) is 0.243. The lowest BCUT2D eigenvalue weighted by Crippen LogP contribution is -2.40. The number of aromatic nitrogens is 2. The van der Waals surface area contributed by atoms with Gasteiger partial charge in [0.05, 0.1) is 6.20 Å². The molecule has 0 spiro atoms. The minimum absolute atomic E-state index is 0.145. The molecule has 0 aliphatic rings. The van der Waals surface area contributed by atoms with Crippen LogP contribution in [0.4, 0.5) is 0 Å². The summed E-state index contributed by atoms with van der Waals surface area (Å²) in [4.78, 5) is 1.93. The Labute approximate surface area is 121 Å². The summed E-state index contributed by atoms with van der Waals surface area (Å²) in [6.07, 6.45) is 2.55. The van der Waals surface area contributed by atoms with E-state index in [9.17, 15) is 8.42 Å². The van der Waals surface area contributed by atoms with Crippen molar-refractivity contribution in [3.8, 4) is 0 Å². The van der Waals surface area contributed by atoms with E-state index in [-0.39, 0.29) is 11.1 Å². The van der Waals surface area contributed by atoms with Crippen LogP contribution >= 0.6 is 0 Å². The van der Waals surface area contributed by atoms with Crippen LogP contribution in [0.3, 0.4) is 0 Å². The van der Waals surface area contributed by atoms with Crippen LogP contribution in [0.15, 0.2) is 11.2 Å². The normalized spacial score (nSPS) is 13.8. The molecule has 0 fully saturated rings. The number of aromatic amines is 1. The quantitative estimate of drug-likeness (QED) is 0.565. The van der Waals surface area contributed by atoms with Crippen molar-refractivity contribution in [2.24, 2.45) is 0 Å². The minimum atomic E-state index is -3.56. The lowest BCUT2D eigenvalue weighted by molar-refractivity contribution is 0.370. The van der Waals surface area contributed by atoms with Crippen LogP contribution in [0.2, 0.25) is 0 Å². The molecule has 0 aromatic carbocycles. The van der Waals surface area contributed by atoms with E-state index in [4.69, 9.17) is 0 Å². The summed E-state index contributed by atoms with van der Waals surface area (Å²) in [5, 5.41) is 9.74. The Hall–Kier alpha value is -0.960. The van der Waals surface area contributed by atoms with Crippen molar-refractivity contribution in [3.05, 3.63) is 11.8 Å². The van der Waals surface area contributed by atoms with Gasteiger partial charge in [-0.05, 0) is 34.0 Å². The van der Waals surface area contributed by atoms with Gasteiger partial charge in [0, 0.05) is 24.7 Å². The molecule has 0 bridgehead atoms. The van der Waals surface area contributed by atoms with Crippen LogP contribution in [0.1, 0.15) is 25.8 Å². The van der Waals surface area contributed by atoms with Gasteiger partial charge in [-0.25, -0.2) is 13.1 Å². The molecule has 0 saturated heterocycles. The monoisotopic (exact) mass is 303 g/mol. The van der Waals surface area contributed by atoms with Gasteiger partial charge in [-0.15, -0.1) is 0 Å². The Bertz CT molecular complexity index is 498. The predicted octanol–water partition coefficient (Wildman–Crippen LogP) is 0.138. The standard InChI is InChI=1S/C12H25N5O2S/c1-5-6-13-7-11-8-14-15-12(11)20(18,19)16-10(2)9-17(3)4/h8,10,13,16H,5-7,9H2,1-4H3,(H,14,15). The number of rotatable bonds is 9. The first-order valence-electron chi connectivity index (χ1n) is 6.76. The minimum Gasteiger partial charge on any atom is -0.313 e. The summed E-state index contributed by atoms with van der Waals surface area (Å²) in [6, 6.07) is -0.172. The van der Waals surface area contributed by atoms with Gasteiger partial charge in [-0.1, -0.05) is 6.92 Å². The SMILES string of the molecule is CCCNCc1cn[nH]c1S(=O)(=O)NC(C)CN(C)C. The van der Waals surface area contributed by atoms with Crippen LogP contribution < -0.4 is 10.0 Å². The topological polar surface area (TPSA) is 90.1 Å². The van der Waals surface area contributed by atoms with Crippen LogP contribution in [0.25, 0.3) is 0 Å². The van der Waals surface area contributed by atoms with Crippen molar-refractivity contribution >= 4 is 10.0 Å². The lowest BCUT2D eigenvalue weighted by atomic mass is 10.3. The summed E-state index contributed by atoms with van der Waals surface area (Å²) in [5.41, 5.74) is 0.656. The van der Waals surface area contributed by atoms with Gasteiger partial charge < -0.3 is 10.2 Å². The van der Waals surface area contributed by atoms with E-state index in [0.717, 1.165) is 13.0 Å². The van der Waals surface area contributed by atoms with Crippen LogP contribution in [0.5, 0.6) is 0 Å². The third-order valence-electron chi connectivity index (χ3n) is 2.68. The van der Waals surface area contributed by atoms with Gasteiger partial charge in [0.1, 0.15) is 0 Å². The predicted molar refractivity (Wildman–Crippen MR) is 78.9 cm³/mol. The largest absolute Gasteiger partial charge is 0.313 e. The molecule has 1 rings (SSSR count). The Morgan fingerprint density at radius 1 is 1.45 bits per heavy atom. The average Bonchev–Trinajstić information content (AvgIpc) is 2.76. The molecule has 0 aliphatic heterocycles. The second kappa shape index (κ2) is 7.72. The number of likely N-dealkylation sites (N-methyl/N-ethyl adjacent to an activating group) is 1. The second-order valence-corrected chi connectivity index (χ2v) is 6.84. The summed E-state index contributed by atoms with van der Waals surface area (Å²) in [6.45, 7) is 5.86. The maximum absolute atomic E-state index is 12.3. The molecule has 1 aromatic rings. The van der Waals surface area contributed by atoms with E-state index < -0.39 is 10.0 Å². The summed E-state index contributed by atoms with van der Waals surface area (Å²) < 4.78 is 27.3. The first-order chi connectivity index (χ1) is 9.36. The highest BCUT2D eigenvalue weighted by molar-refractivity contribution is 7.89. The zero-order valence-electron chi connectivity index (χ0n) is 12.6. The Balaban J connectivity index is 2.74. The maximum Gasteiger partial charge on any atom is 0.258 e. The lowest BCUT2D eigenvalue weighted by Gasteiger charge is -2.18. The fraction of sp³-hybridized carbons (Fsp3) is 0.750. The average molecular weight is 303 g/mol. The molecule has 116 valence electrons. The van der Waals surface area contributed by atoms with Crippen molar-refractivity contribution in [1.82, 2.24) is 25.1 Å². The molecule has 3 N–H and O–H groups in total. The first-order valence-corrected chi connectivity index (χ1v) is 8.25. The van der Waals surface area contributed by atoms with E-state index in [1.54, 1.807) is 6.20 Å². The van der Waals surface area contributed by atoms with Crippen molar-refractivity contribution in [2.75, 3.05) is 27.2 Å². The molecule has 0 aliphatic carbocycles. The second-order valence-electron chi connectivity index (χ2n) is 5.19. The molecule has 1 atom stereocenters. The Morgan fingerprint density at radius 3 is 2.75 bits per heavy atom. The van der Waals surface area contributed by atoms with Crippen molar-refractivity contribution in [2.45, 2.75) is 37.9 Å². The molecule has 0 radical (unpaired) electrons. The summed E-state index contributed by atoms with van der Waals surface area (Å²) in [5.74, 6) is 0. The van der Waals surface area contributed by atoms with Crippen LogP contribution in [0, 0.1) is 0 Å². The molecular formula is C12H25N5O2S. The molecule has 8 heteroatoms. The molecule has 0 saturated carbocycles. The van der Waals surface area contributed by atoms with Gasteiger partial charge in [0.2, 0.25) is 0 Å². The van der Waals surface area contributed by atoms with E-state index in [1.807, 2.05) is 25.9 Å². The first kappa shape index (κ1) is 17.1. The van der Waals surface area contributed by atoms with Crippen molar-refractivity contribution < 1.29 is 8.42 Å². The maximum atomic E-state index is 12.3. The molecule has 7 nitrogen and oxygen atoms in total. The van der Waals surface area contributed by atoms with Gasteiger partial charge in [0.15, 0.2) is 5.03 Å². The van der Waals surface area contributed by atoms with Crippen molar-refractivity contribution in [1.29, 1.82) is 0 Å². The van der Waals surface area contributed by atoms with Crippen LogP contribution in [-0.4, -0.2) is 56.7 Å². The van der Waals surface area contributed by atoms with Crippen molar-refractivity contribution in [3.63, 3.8) is 0 Å². The number of hydrogen-bond donors (Lipinski definition) is 3. The number of hydrogen-bond acceptors (Lipinski definition) is 5. The Kier molecular flexibility index (Phi) is 6.60. The Morgan fingerprint density at radius 2 is 2.15 bits per heavy atom. The highest BCUT2D eigenvalue weighted by Crippen LogP contribution is 2.12. The van der Waals surface area contributed by atoms with E-state index in [2.05, 4.69) is 27.2 Å². The molecule has 1 heterocycles. The third-order valence-corrected chi connectivity index (χ3v) is 4.29. The fourth-order valence-electron chi connectivity index (χ4n) is 1.97. The van der Waals surface area contributed by atoms with Crippen LogP contribution in [-0.2, 0) is 16.6 Å². The smallest absolute Gasteiger partial charge is 0.258 e.